The highest BCUT2D eigenvalue weighted by Gasteiger charge is 2.14. The molecule has 20 heavy (non-hydrogen) atoms. The van der Waals surface area contributed by atoms with Crippen LogP contribution < -0.4 is 5.73 Å². The molecule has 0 atom stereocenters. The Morgan fingerprint density at radius 2 is 1.95 bits per heavy atom. The van der Waals surface area contributed by atoms with Crippen LogP contribution in [0.1, 0.15) is 32.0 Å². The monoisotopic (exact) mass is 272 g/mol. The largest absolute Gasteiger partial charge is 0.397 e. The van der Waals surface area contributed by atoms with Crippen molar-refractivity contribution in [3.8, 4) is 0 Å². The SMILES string of the molecule is CCc1nc2c(N)cccc2n1CCN1CCCCC1. The second kappa shape index (κ2) is 5.83. The Morgan fingerprint density at radius 3 is 2.70 bits per heavy atom. The maximum absolute atomic E-state index is 6.05. The highest BCUT2D eigenvalue weighted by molar-refractivity contribution is 5.87. The molecule has 1 aliphatic rings. The van der Waals surface area contributed by atoms with E-state index in [-0.39, 0.29) is 0 Å². The van der Waals surface area contributed by atoms with Gasteiger partial charge in [0.2, 0.25) is 0 Å². The lowest BCUT2D eigenvalue weighted by atomic mass is 10.1. The number of imidazole rings is 1. The molecule has 0 aliphatic carbocycles. The lowest BCUT2D eigenvalue weighted by Crippen LogP contribution is -2.32. The topological polar surface area (TPSA) is 47.1 Å². The standard InChI is InChI=1S/C16H24N4/c1-2-15-18-16-13(17)7-6-8-14(16)20(15)12-11-19-9-4-3-5-10-19/h6-8H,2-5,9-12,17H2,1H3. The fraction of sp³-hybridized carbons (Fsp3) is 0.562. The van der Waals surface area contributed by atoms with E-state index in [4.69, 9.17) is 10.7 Å². The lowest BCUT2D eigenvalue weighted by molar-refractivity contribution is 0.221. The van der Waals surface area contributed by atoms with Gasteiger partial charge in [0.25, 0.3) is 0 Å². The Bertz CT molecular complexity index is 581. The molecular weight excluding hydrogens is 248 g/mol. The predicted molar refractivity (Wildman–Crippen MR) is 83.8 cm³/mol. The smallest absolute Gasteiger partial charge is 0.112 e. The molecule has 0 radical (unpaired) electrons. The van der Waals surface area contributed by atoms with Gasteiger partial charge in [-0.15, -0.1) is 0 Å². The average Bonchev–Trinajstić information content (AvgIpc) is 2.85. The van der Waals surface area contributed by atoms with E-state index in [1.165, 1.54) is 37.9 Å². The van der Waals surface area contributed by atoms with Crippen molar-refractivity contribution in [1.29, 1.82) is 0 Å². The highest BCUT2D eigenvalue weighted by Crippen LogP contribution is 2.22. The summed E-state index contributed by atoms with van der Waals surface area (Å²) in [7, 11) is 0. The molecule has 4 heteroatoms. The minimum absolute atomic E-state index is 0.786. The number of piperidine rings is 1. The van der Waals surface area contributed by atoms with Gasteiger partial charge in [-0.25, -0.2) is 4.98 Å². The number of para-hydroxylation sites is 1. The third-order valence-electron chi connectivity index (χ3n) is 4.29. The highest BCUT2D eigenvalue weighted by atomic mass is 15.2. The van der Waals surface area contributed by atoms with Crippen molar-refractivity contribution in [3.05, 3.63) is 24.0 Å². The number of likely N-dealkylation sites (tertiary alicyclic amines) is 1. The van der Waals surface area contributed by atoms with Crippen LogP contribution in [0, 0.1) is 0 Å². The number of fused-ring (bicyclic) bond motifs is 1. The van der Waals surface area contributed by atoms with Crippen LogP contribution in [-0.4, -0.2) is 34.1 Å². The van der Waals surface area contributed by atoms with Gasteiger partial charge in [-0.05, 0) is 38.1 Å². The van der Waals surface area contributed by atoms with Crippen molar-refractivity contribution in [1.82, 2.24) is 14.5 Å². The van der Waals surface area contributed by atoms with E-state index in [1.54, 1.807) is 0 Å². The normalized spacial score (nSPS) is 16.9. The second-order valence-corrected chi connectivity index (χ2v) is 5.65. The van der Waals surface area contributed by atoms with E-state index in [0.29, 0.717) is 0 Å². The number of nitrogen functional groups attached to an aromatic ring is 1. The number of aryl methyl sites for hydroxylation is 1. The van der Waals surface area contributed by atoms with Gasteiger partial charge in [-0.1, -0.05) is 19.4 Å². The number of nitrogens with two attached hydrogens (primary N) is 1. The van der Waals surface area contributed by atoms with Gasteiger partial charge in [0.15, 0.2) is 0 Å². The number of aromatic nitrogens is 2. The van der Waals surface area contributed by atoms with Crippen molar-refractivity contribution < 1.29 is 0 Å². The number of hydrogen-bond acceptors (Lipinski definition) is 3. The minimum atomic E-state index is 0.786. The molecule has 0 saturated carbocycles. The molecule has 1 fully saturated rings. The summed E-state index contributed by atoms with van der Waals surface area (Å²) in [6.07, 6.45) is 5.03. The summed E-state index contributed by atoms with van der Waals surface area (Å²) < 4.78 is 2.35. The molecule has 3 rings (SSSR count). The summed E-state index contributed by atoms with van der Waals surface area (Å²) in [5.41, 5.74) is 8.97. The van der Waals surface area contributed by atoms with Gasteiger partial charge < -0.3 is 15.2 Å². The van der Waals surface area contributed by atoms with E-state index in [0.717, 1.165) is 36.5 Å². The summed E-state index contributed by atoms with van der Waals surface area (Å²) in [5, 5.41) is 0. The fourth-order valence-corrected chi connectivity index (χ4v) is 3.16. The van der Waals surface area contributed by atoms with E-state index in [1.807, 2.05) is 12.1 Å². The third-order valence-corrected chi connectivity index (χ3v) is 4.29. The van der Waals surface area contributed by atoms with Gasteiger partial charge in [-0.2, -0.15) is 0 Å². The minimum Gasteiger partial charge on any atom is -0.397 e. The molecule has 0 amide bonds. The molecule has 1 aromatic carbocycles. The third kappa shape index (κ3) is 2.52. The molecular formula is C16H24N4. The van der Waals surface area contributed by atoms with Gasteiger partial charge in [0.1, 0.15) is 11.3 Å². The Kier molecular flexibility index (Phi) is 3.92. The molecule has 1 aliphatic heterocycles. The Balaban J connectivity index is 1.84. The predicted octanol–water partition coefficient (Wildman–Crippen LogP) is 2.67. The number of hydrogen-bond donors (Lipinski definition) is 1. The zero-order valence-corrected chi connectivity index (χ0v) is 12.3. The van der Waals surface area contributed by atoms with Crippen LogP contribution >= 0.6 is 0 Å². The maximum Gasteiger partial charge on any atom is 0.112 e. The van der Waals surface area contributed by atoms with Crippen LogP contribution in [0.15, 0.2) is 18.2 Å². The van der Waals surface area contributed by atoms with Gasteiger partial charge >= 0.3 is 0 Å². The molecule has 0 spiro atoms. The number of anilines is 1. The van der Waals surface area contributed by atoms with Crippen LogP contribution in [0.5, 0.6) is 0 Å². The van der Waals surface area contributed by atoms with E-state index in [2.05, 4.69) is 22.5 Å². The zero-order valence-electron chi connectivity index (χ0n) is 12.3. The van der Waals surface area contributed by atoms with Crippen LogP contribution in [0.4, 0.5) is 5.69 Å². The van der Waals surface area contributed by atoms with Crippen LogP contribution in [0.25, 0.3) is 11.0 Å². The fourth-order valence-electron chi connectivity index (χ4n) is 3.16. The molecule has 0 bridgehead atoms. The molecule has 1 saturated heterocycles. The van der Waals surface area contributed by atoms with E-state index in [9.17, 15) is 0 Å². The molecule has 108 valence electrons. The van der Waals surface area contributed by atoms with Gasteiger partial charge in [-0.3, -0.25) is 0 Å². The molecule has 2 heterocycles. The van der Waals surface area contributed by atoms with Crippen LogP contribution in [-0.2, 0) is 13.0 Å². The zero-order chi connectivity index (χ0) is 13.9. The molecule has 0 unspecified atom stereocenters. The first-order valence-electron chi connectivity index (χ1n) is 7.75. The summed E-state index contributed by atoms with van der Waals surface area (Å²) in [6.45, 7) is 6.79. The number of benzene rings is 1. The summed E-state index contributed by atoms with van der Waals surface area (Å²) in [5.74, 6) is 1.15. The van der Waals surface area contributed by atoms with Crippen molar-refractivity contribution in [2.75, 3.05) is 25.4 Å². The van der Waals surface area contributed by atoms with Crippen molar-refractivity contribution in [3.63, 3.8) is 0 Å². The van der Waals surface area contributed by atoms with Crippen molar-refractivity contribution in [2.45, 2.75) is 39.2 Å². The van der Waals surface area contributed by atoms with E-state index < -0.39 is 0 Å². The van der Waals surface area contributed by atoms with E-state index >= 15 is 0 Å². The van der Waals surface area contributed by atoms with Crippen LogP contribution in [0.2, 0.25) is 0 Å². The quantitative estimate of drug-likeness (QED) is 0.870. The summed E-state index contributed by atoms with van der Waals surface area (Å²) in [6, 6.07) is 6.09. The average molecular weight is 272 g/mol. The molecule has 4 nitrogen and oxygen atoms in total. The van der Waals surface area contributed by atoms with Gasteiger partial charge in [0.05, 0.1) is 11.2 Å². The summed E-state index contributed by atoms with van der Waals surface area (Å²) >= 11 is 0. The first-order chi connectivity index (χ1) is 9.79. The first-order valence-corrected chi connectivity index (χ1v) is 7.75. The Labute approximate surface area is 120 Å². The maximum atomic E-state index is 6.05. The molecule has 2 aromatic rings. The number of nitrogens with zero attached hydrogens (tertiary/aromatic N) is 3. The van der Waals surface area contributed by atoms with Gasteiger partial charge in [0, 0.05) is 19.5 Å². The number of rotatable bonds is 4. The molecule has 1 aromatic heterocycles. The molecule has 2 N–H and O–H groups in total. The van der Waals surface area contributed by atoms with Crippen LogP contribution in [0.3, 0.4) is 0 Å². The lowest BCUT2D eigenvalue weighted by Gasteiger charge is -2.26. The van der Waals surface area contributed by atoms with Crippen molar-refractivity contribution in [2.24, 2.45) is 0 Å². The van der Waals surface area contributed by atoms with Crippen molar-refractivity contribution >= 4 is 16.7 Å². The first kappa shape index (κ1) is 13.4. The summed E-state index contributed by atoms with van der Waals surface area (Å²) in [4.78, 5) is 7.28. The second-order valence-electron chi connectivity index (χ2n) is 5.65. The Morgan fingerprint density at radius 1 is 1.15 bits per heavy atom. The Hall–Kier alpha value is -1.55.